The van der Waals surface area contributed by atoms with Crippen molar-refractivity contribution in [2.75, 3.05) is 0 Å². The summed E-state index contributed by atoms with van der Waals surface area (Å²) in [6, 6.07) is 1.79. The van der Waals surface area contributed by atoms with Crippen LogP contribution in [0.15, 0.2) is 18.5 Å². The van der Waals surface area contributed by atoms with Gasteiger partial charge in [-0.25, -0.2) is 0 Å². The fourth-order valence-electron chi connectivity index (χ4n) is 1.53. The van der Waals surface area contributed by atoms with Crippen LogP contribution in [0.4, 0.5) is 0 Å². The molecule has 0 spiro atoms. The number of carbonyl (C=O) groups excluding carboxylic acids is 1. The van der Waals surface area contributed by atoms with Gasteiger partial charge in [-0.05, 0) is 6.07 Å². The number of hydrogen-bond donors (Lipinski definition) is 1. The lowest BCUT2D eigenvalue weighted by molar-refractivity contribution is 0.0858. The van der Waals surface area contributed by atoms with Crippen molar-refractivity contribution in [3.8, 4) is 0 Å². The molecular formula is C12H13ClN2O. The largest absolute Gasteiger partial charge is 0.358 e. The molecule has 0 saturated heterocycles. The Kier molecular flexibility index (Phi) is 2.50. The summed E-state index contributed by atoms with van der Waals surface area (Å²) in [5.74, 6) is 0.0765. The fourth-order valence-corrected chi connectivity index (χ4v) is 1.74. The van der Waals surface area contributed by atoms with Gasteiger partial charge in [0.25, 0.3) is 0 Å². The Balaban J connectivity index is 2.52. The van der Waals surface area contributed by atoms with Gasteiger partial charge in [-0.2, -0.15) is 0 Å². The number of fused-ring (bicyclic) bond motifs is 1. The zero-order valence-corrected chi connectivity index (χ0v) is 10.2. The highest BCUT2D eigenvalue weighted by Gasteiger charge is 2.23. The third-order valence-corrected chi connectivity index (χ3v) is 2.70. The Labute approximate surface area is 98.8 Å². The molecule has 0 atom stereocenters. The van der Waals surface area contributed by atoms with Gasteiger partial charge in [0.15, 0.2) is 5.78 Å². The lowest BCUT2D eigenvalue weighted by atomic mass is 9.87. The number of halogens is 1. The average Bonchev–Trinajstić information content (AvgIpc) is 2.57. The minimum Gasteiger partial charge on any atom is -0.358 e. The van der Waals surface area contributed by atoms with Crippen LogP contribution in [0, 0.1) is 5.41 Å². The van der Waals surface area contributed by atoms with E-state index < -0.39 is 5.41 Å². The molecular weight excluding hydrogens is 224 g/mol. The van der Waals surface area contributed by atoms with E-state index in [1.807, 2.05) is 20.8 Å². The van der Waals surface area contributed by atoms with Crippen molar-refractivity contribution < 1.29 is 4.79 Å². The van der Waals surface area contributed by atoms with Gasteiger partial charge in [-0.1, -0.05) is 32.4 Å². The summed E-state index contributed by atoms with van der Waals surface area (Å²) >= 11 is 5.92. The summed E-state index contributed by atoms with van der Waals surface area (Å²) in [4.78, 5) is 19.2. The molecule has 0 aliphatic heterocycles. The third-order valence-electron chi connectivity index (χ3n) is 2.41. The Morgan fingerprint density at radius 1 is 1.44 bits per heavy atom. The molecule has 0 aromatic carbocycles. The minimum absolute atomic E-state index is 0.0765. The van der Waals surface area contributed by atoms with Gasteiger partial charge in [-0.3, -0.25) is 9.78 Å². The summed E-state index contributed by atoms with van der Waals surface area (Å²) in [5.41, 5.74) is 1.71. The molecule has 3 nitrogen and oxygen atoms in total. The Morgan fingerprint density at radius 3 is 2.75 bits per heavy atom. The van der Waals surface area contributed by atoms with E-state index in [-0.39, 0.29) is 5.78 Å². The Morgan fingerprint density at radius 2 is 2.12 bits per heavy atom. The average molecular weight is 237 g/mol. The molecule has 4 heteroatoms. The molecule has 0 saturated carbocycles. The van der Waals surface area contributed by atoms with Crippen molar-refractivity contribution in [3.63, 3.8) is 0 Å². The highest BCUT2D eigenvalue weighted by molar-refractivity contribution is 6.35. The van der Waals surface area contributed by atoms with Crippen molar-refractivity contribution in [1.82, 2.24) is 9.97 Å². The monoisotopic (exact) mass is 236 g/mol. The van der Waals surface area contributed by atoms with Crippen molar-refractivity contribution in [2.24, 2.45) is 5.41 Å². The highest BCUT2D eigenvalue weighted by Crippen LogP contribution is 2.25. The first-order valence-corrected chi connectivity index (χ1v) is 5.45. The first-order valence-electron chi connectivity index (χ1n) is 5.07. The van der Waals surface area contributed by atoms with Crippen molar-refractivity contribution in [1.29, 1.82) is 0 Å². The number of pyridine rings is 1. The van der Waals surface area contributed by atoms with Crippen molar-refractivity contribution in [3.05, 3.63) is 29.0 Å². The third kappa shape index (κ3) is 1.83. The van der Waals surface area contributed by atoms with Gasteiger partial charge < -0.3 is 4.98 Å². The molecule has 0 aliphatic rings. The molecule has 0 radical (unpaired) electrons. The smallest absolute Gasteiger partial charge is 0.169 e. The molecule has 84 valence electrons. The number of nitrogens with zero attached hydrogens (tertiary/aromatic N) is 1. The molecule has 1 N–H and O–H groups in total. The summed E-state index contributed by atoms with van der Waals surface area (Å²) in [7, 11) is 0. The van der Waals surface area contributed by atoms with Crippen LogP contribution in [-0.4, -0.2) is 15.8 Å². The molecule has 2 heterocycles. The second kappa shape index (κ2) is 3.59. The lowest BCUT2D eigenvalue weighted by Crippen LogP contribution is -2.20. The van der Waals surface area contributed by atoms with Crippen LogP contribution in [0.1, 0.15) is 31.1 Å². The summed E-state index contributed by atoms with van der Waals surface area (Å²) in [5, 5.41) is 0.574. The molecule has 0 unspecified atom stereocenters. The molecule has 0 bridgehead atoms. The molecule has 2 aromatic heterocycles. The van der Waals surface area contributed by atoms with Gasteiger partial charge >= 0.3 is 0 Å². The number of carbonyl (C=O) groups is 1. The van der Waals surface area contributed by atoms with E-state index in [2.05, 4.69) is 9.97 Å². The molecule has 2 aromatic rings. The predicted octanol–water partition coefficient (Wildman–Crippen LogP) is 3.45. The van der Waals surface area contributed by atoms with Gasteiger partial charge in [0.05, 0.1) is 10.5 Å². The van der Waals surface area contributed by atoms with Crippen molar-refractivity contribution >= 4 is 28.4 Å². The zero-order chi connectivity index (χ0) is 11.9. The maximum absolute atomic E-state index is 12.0. The van der Waals surface area contributed by atoms with Gasteiger partial charge in [-0.15, -0.1) is 0 Å². The molecule has 0 aliphatic carbocycles. The number of aromatic amines is 1. The first-order chi connectivity index (χ1) is 7.39. The number of ketones is 1. The summed E-state index contributed by atoms with van der Waals surface area (Å²) < 4.78 is 0. The molecule has 0 fully saturated rings. The normalized spacial score (nSPS) is 12.0. The maximum atomic E-state index is 12.0. The SMILES string of the molecule is CC(C)(C)C(=O)c1cnc2c(Cl)c[nH]c2c1. The molecule has 2 rings (SSSR count). The van der Waals surface area contributed by atoms with Crippen LogP contribution < -0.4 is 0 Å². The van der Waals surface area contributed by atoms with E-state index in [0.29, 0.717) is 16.1 Å². The van der Waals surface area contributed by atoms with E-state index in [0.717, 1.165) is 5.52 Å². The quantitative estimate of drug-likeness (QED) is 0.771. The van der Waals surface area contributed by atoms with Crippen LogP contribution in [0.25, 0.3) is 11.0 Å². The second-order valence-corrected chi connectivity index (χ2v) is 5.24. The molecule has 16 heavy (non-hydrogen) atoms. The van der Waals surface area contributed by atoms with Gasteiger partial charge in [0, 0.05) is 23.4 Å². The van der Waals surface area contributed by atoms with E-state index in [4.69, 9.17) is 11.6 Å². The van der Waals surface area contributed by atoms with Crippen LogP contribution in [0.3, 0.4) is 0 Å². The Hall–Kier alpha value is -1.35. The fraction of sp³-hybridized carbons (Fsp3) is 0.333. The van der Waals surface area contributed by atoms with Gasteiger partial charge in [0.2, 0.25) is 0 Å². The van der Waals surface area contributed by atoms with E-state index in [1.165, 1.54) is 0 Å². The standard InChI is InChI=1S/C12H13ClN2O/c1-12(2,3)11(16)7-4-9-10(15-5-7)8(13)6-14-9/h4-6,14H,1-3H3. The number of Topliss-reactive ketones (excluding diaryl/α,β-unsaturated/α-hetero) is 1. The van der Waals surface area contributed by atoms with Crippen molar-refractivity contribution in [2.45, 2.75) is 20.8 Å². The predicted molar refractivity (Wildman–Crippen MR) is 64.9 cm³/mol. The second-order valence-electron chi connectivity index (χ2n) is 4.84. The Bertz CT molecular complexity index is 552. The number of nitrogens with one attached hydrogen (secondary N) is 1. The first kappa shape index (κ1) is 11.1. The zero-order valence-electron chi connectivity index (χ0n) is 9.47. The lowest BCUT2D eigenvalue weighted by Gasteiger charge is -2.16. The van der Waals surface area contributed by atoms with Crippen LogP contribution in [0.5, 0.6) is 0 Å². The van der Waals surface area contributed by atoms with Crippen LogP contribution in [-0.2, 0) is 0 Å². The topological polar surface area (TPSA) is 45.8 Å². The van der Waals surface area contributed by atoms with E-state index in [1.54, 1.807) is 18.5 Å². The summed E-state index contributed by atoms with van der Waals surface area (Å²) in [6.07, 6.45) is 3.25. The number of rotatable bonds is 1. The van der Waals surface area contributed by atoms with Crippen LogP contribution >= 0.6 is 11.6 Å². The number of H-pyrrole nitrogens is 1. The maximum Gasteiger partial charge on any atom is 0.169 e. The van der Waals surface area contributed by atoms with Gasteiger partial charge in [0.1, 0.15) is 5.52 Å². The van der Waals surface area contributed by atoms with E-state index >= 15 is 0 Å². The number of aromatic nitrogens is 2. The highest BCUT2D eigenvalue weighted by atomic mass is 35.5. The van der Waals surface area contributed by atoms with E-state index in [9.17, 15) is 4.79 Å². The minimum atomic E-state index is -0.397. The molecule has 0 amide bonds. The number of hydrogen-bond acceptors (Lipinski definition) is 2. The summed E-state index contributed by atoms with van der Waals surface area (Å²) in [6.45, 7) is 5.67. The van der Waals surface area contributed by atoms with Crippen LogP contribution in [0.2, 0.25) is 5.02 Å².